The van der Waals surface area contributed by atoms with Crippen LogP contribution in [0.15, 0.2) is 66.2 Å². The molecule has 0 aromatic heterocycles. The molecule has 3 aromatic rings. The Bertz CT molecular complexity index is 1890. The second-order valence-electron chi connectivity index (χ2n) is 15.2. The molecule has 9 nitrogen and oxygen atoms in total. The Morgan fingerprint density at radius 1 is 0.944 bits per heavy atom. The van der Waals surface area contributed by atoms with Gasteiger partial charge in [0, 0.05) is 50.3 Å². The van der Waals surface area contributed by atoms with Crippen LogP contribution in [0.1, 0.15) is 74.6 Å². The molecule has 0 spiro atoms. The minimum absolute atomic E-state index is 0.00227. The quantitative estimate of drug-likeness (QED) is 0.121. The fraction of sp³-hybridized carbons (Fsp3) is 0.452. The van der Waals surface area contributed by atoms with Crippen LogP contribution in [-0.4, -0.2) is 82.2 Å². The number of carbonyl (C=O) groups is 3. The van der Waals surface area contributed by atoms with Crippen LogP contribution in [0.4, 0.5) is 13.2 Å². The monoisotopic (exact) mass is 747 g/mol. The lowest BCUT2D eigenvalue weighted by Crippen LogP contribution is -2.62. The molecule has 1 saturated heterocycles. The van der Waals surface area contributed by atoms with Crippen LogP contribution in [0.3, 0.4) is 0 Å². The number of piperazine rings is 1. The zero-order valence-electron chi connectivity index (χ0n) is 30.8. The van der Waals surface area contributed by atoms with Gasteiger partial charge in [-0.05, 0) is 98.8 Å². The van der Waals surface area contributed by atoms with Crippen molar-refractivity contribution in [3.05, 3.63) is 106 Å². The minimum Gasteiger partial charge on any atom is -0.488 e. The Balaban J connectivity index is 1.24. The average molecular weight is 748 g/mol. The number of aliphatic hydroxyl groups is 1. The van der Waals surface area contributed by atoms with Gasteiger partial charge < -0.3 is 30.1 Å². The summed E-state index contributed by atoms with van der Waals surface area (Å²) in [4.78, 5) is 43.8. The molecule has 54 heavy (non-hydrogen) atoms. The van der Waals surface area contributed by atoms with Crippen molar-refractivity contribution in [3.8, 4) is 5.75 Å². The molecule has 6 rings (SSSR count). The van der Waals surface area contributed by atoms with Crippen LogP contribution in [0.2, 0.25) is 0 Å². The van der Waals surface area contributed by atoms with E-state index in [9.17, 15) is 37.8 Å². The standard InChI is InChI=1S/C42H48F3N3O6/c1-42(2,41(52)53)19-17-36(50)47-24-30-22-32(28-11-9-26(10-12-28)6-5-21-54-39-34(44)16-15-33(43)38(39)45)37(35(25-47)46-30)40(51)48(31-13-14-31)23-29-8-4-3-7-27(29)18-20-49/h3-4,7-12,15-16,30-31,35,46,49H,5-6,13-14,17-25H2,1-2H3,(H,52,53)/t30-,35-/m1/s1. The number of aliphatic carboxylic acids is 1. The van der Waals surface area contributed by atoms with Crippen LogP contribution in [0.25, 0.3) is 5.57 Å². The van der Waals surface area contributed by atoms with Gasteiger partial charge in [0.05, 0.1) is 18.1 Å². The van der Waals surface area contributed by atoms with Crippen LogP contribution >= 0.6 is 0 Å². The summed E-state index contributed by atoms with van der Waals surface area (Å²) in [6, 6.07) is 16.7. The number of carboxylic acids is 1. The van der Waals surface area contributed by atoms with E-state index in [0.717, 1.165) is 46.7 Å². The van der Waals surface area contributed by atoms with Gasteiger partial charge >= 0.3 is 5.97 Å². The van der Waals surface area contributed by atoms with E-state index in [0.29, 0.717) is 50.4 Å². The van der Waals surface area contributed by atoms with Gasteiger partial charge in [-0.25, -0.2) is 8.78 Å². The number of ether oxygens (including phenoxy) is 1. The van der Waals surface area contributed by atoms with Crippen LogP contribution < -0.4 is 10.1 Å². The summed E-state index contributed by atoms with van der Waals surface area (Å²) < 4.78 is 46.8. The number of hydrogen-bond acceptors (Lipinski definition) is 6. The molecule has 1 aliphatic carbocycles. The number of aryl methyl sites for hydroxylation is 1. The summed E-state index contributed by atoms with van der Waals surface area (Å²) in [6.07, 6.45) is 4.01. The van der Waals surface area contributed by atoms with Gasteiger partial charge in [-0.1, -0.05) is 48.5 Å². The minimum atomic E-state index is -1.35. The summed E-state index contributed by atoms with van der Waals surface area (Å²) >= 11 is 0. The van der Waals surface area contributed by atoms with E-state index in [1.807, 2.05) is 53.4 Å². The molecule has 2 atom stereocenters. The van der Waals surface area contributed by atoms with Gasteiger partial charge in [-0.2, -0.15) is 4.39 Å². The van der Waals surface area contributed by atoms with Gasteiger partial charge in [-0.15, -0.1) is 0 Å². The van der Waals surface area contributed by atoms with Crippen molar-refractivity contribution in [2.24, 2.45) is 5.41 Å². The summed E-state index contributed by atoms with van der Waals surface area (Å²) in [7, 11) is 0. The molecule has 12 heteroatoms. The second-order valence-corrected chi connectivity index (χ2v) is 15.2. The number of carbonyl (C=O) groups excluding carboxylic acids is 2. The van der Waals surface area contributed by atoms with Crippen molar-refractivity contribution in [1.29, 1.82) is 0 Å². The van der Waals surface area contributed by atoms with Crippen molar-refractivity contribution < 1.29 is 42.5 Å². The Hall–Kier alpha value is -4.68. The molecule has 2 aliphatic heterocycles. The third-order valence-corrected chi connectivity index (χ3v) is 10.8. The smallest absolute Gasteiger partial charge is 0.309 e. The summed E-state index contributed by atoms with van der Waals surface area (Å²) in [5.74, 6) is -5.41. The third-order valence-electron chi connectivity index (χ3n) is 10.8. The highest BCUT2D eigenvalue weighted by atomic mass is 19.2. The van der Waals surface area contributed by atoms with Crippen molar-refractivity contribution >= 4 is 23.4 Å². The Kier molecular flexibility index (Phi) is 12.1. The van der Waals surface area contributed by atoms with Crippen LogP contribution in [-0.2, 0) is 33.8 Å². The number of amides is 2. The summed E-state index contributed by atoms with van der Waals surface area (Å²) in [5, 5.41) is 22.9. The van der Waals surface area contributed by atoms with E-state index < -0.39 is 40.6 Å². The molecule has 2 amide bonds. The molecular weight excluding hydrogens is 699 g/mol. The first-order chi connectivity index (χ1) is 25.9. The lowest BCUT2D eigenvalue weighted by molar-refractivity contribution is -0.148. The van der Waals surface area contributed by atoms with Gasteiger partial charge in [0.2, 0.25) is 11.7 Å². The Labute approximate surface area is 313 Å². The van der Waals surface area contributed by atoms with Crippen molar-refractivity contribution in [2.45, 2.75) is 89.9 Å². The molecule has 2 bridgehead atoms. The molecule has 3 aromatic carbocycles. The fourth-order valence-electron chi connectivity index (χ4n) is 7.39. The molecule has 1 saturated carbocycles. The zero-order chi connectivity index (χ0) is 38.6. The first-order valence-corrected chi connectivity index (χ1v) is 18.7. The maximum atomic E-state index is 14.9. The van der Waals surface area contributed by atoms with E-state index >= 15 is 0 Å². The van der Waals surface area contributed by atoms with E-state index in [1.165, 1.54) is 0 Å². The molecule has 3 aliphatic rings. The molecule has 288 valence electrons. The predicted octanol–water partition coefficient (Wildman–Crippen LogP) is 6.06. The first-order valence-electron chi connectivity index (χ1n) is 18.7. The second kappa shape index (κ2) is 16.8. The Morgan fingerprint density at radius 3 is 2.33 bits per heavy atom. The molecule has 3 N–H and O–H groups in total. The highest BCUT2D eigenvalue weighted by Crippen LogP contribution is 2.38. The van der Waals surface area contributed by atoms with Gasteiger partial charge in [0.15, 0.2) is 17.4 Å². The predicted molar refractivity (Wildman–Crippen MR) is 197 cm³/mol. The number of benzene rings is 3. The van der Waals surface area contributed by atoms with E-state index in [1.54, 1.807) is 18.7 Å². The number of halogens is 3. The van der Waals surface area contributed by atoms with Crippen LogP contribution in [0, 0.1) is 22.9 Å². The van der Waals surface area contributed by atoms with E-state index in [-0.39, 0.29) is 56.5 Å². The lowest BCUT2D eigenvalue weighted by atomic mass is 9.82. The molecule has 2 heterocycles. The third kappa shape index (κ3) is 8.98. The van der Waals surface area contributed by atoms with Gasteiger partial charge in [-0.3, -0.25) is 14.4 Å². The van der Waals surface area contributed by atoms with Crippen molar-refractivity contribution in [1.82, 2.24) is 15.1 Å². The van der Waals surface area contributed by atoms with Gasteiger partial charge in [0.25, 0.3) is 5.91 Å². The zero-order valence-corrected chi connectivity index (χ0v) is 30.8. The maximum Gasteiger partial charge on any atom is 0.309 e. The molecule has 0 unspecified atom stereocenters. The van der Waals surface area contributed by atoms with Gasteiger partial charge in [0.1, 0.15) is 0 Å². The largest absolute Gasteiger partial charge is 0.488 e. The lowest BCUT2D eigenvalue weighted by Gasteiger charge is -2.45. The SMILES string of the molecule is CC(C)(CCC(=O)N1C[C@H]2CC(c3ccc(CCCOc4c(F)ccc(F)c4F)cc3)=C(C(=O)N(Cc3ccccc3CCO)C3CC3)[C@@H](C1)N2)C(=O)O. The van der Waals surface area contributed by atoms with Crippen molar-refractivity contribution in [3.63, 3.8) is 0 Å². The number of carboxylic acid groups (broad SMARTS) is 1. The van der Waals surface area contributed by atoms with Crippen LogP contribution in [0.5, 0.6) is 5.75 Å². The number of nitrogens with one attached hydrogen (secondary N) is 1. The van der Waals surface area contributed by atoms with E-state index in [4.69, 9.17) is 4.74 Å². The fourth-order valence-corrected chi connectivity index (χ4v) is 7.39. The highest BCUT2D eigenvalue weighted by Gasteiger charge is 2.43. The number of hydrogen-bond donors (Lipinski definition) is 3. The number of rotatable bonds is 16. The average Bonchev–Trinajstić information content (AvgIpc) is 4.00. The summed E-state index contributed by atoms with van der Waals surface area (Å²) in [6.45, 7) is 4.30. The molecular formula is C42H48F3N3O6. The number of fused-ring (bicyclic) bond motifs is 2. The highest BCUT2D eigenvalue weighted by molar-refractivity contribution is 6.03. The topological polar surface area (TPSA) is 119 Å². The molecule has 2 fully saturated rings. The first kappa shape index (κ1) is 39.0. The Morgan fingerprint density at radius 2 is 1.65 bits per heavy atom. The number of nitrogens with zero attached hydrogens (tertiary/aromatic N) is 2. The molecule has 0 radical (unpaired) electrons. The normalized spacial score (nSPS) is 18.4. The summed E-state index contributed by atoms with van der Waals surface area (Å²) in [5.41, 5.74) is 4.29. The number of aliphatic hydroxyl groups excluding tert-OH is 1. The van der Waals surface area contributed by atoms with E-state index in [2.05, 4.69) is 5.32 Å². The maximum absolute atomic E-state index is 14.9. The van der Waals surface area contributed by atoms with Crippen molar-refractivity contribution in [2.75, 3.05) is 26.3 Å².